The minimum atomic E-state index is 0.0610. The third-order valence-corrected chi connectivity index (χ3v) is 4.15. The number of nitrogens with one attached hydrogen (secondary N) is 2. The predicted molar refractivity (Wildman–Crippen MR) is 85.9 cm³/mol. The smallest absolute Gasteiger partial charge is 0.228 e. The third kappa shape index (κ3) is 2.67. The lowest BCUT2D eigenvalue weighted by atomic mass is 9.93. The number of hydrogen-bond donors (Lipinski definition) is 2. The number of anilines is 1. The third-order valence-electron chi connectivity index (χ3n) is 3.92. The quantitative estimate of drug-likeness (QED) is 0.911. The molecule has 0 aromatic heterocycles. The van der Waals surface area contributed by atoms with Crippen LogP contribution in [0.4, 0.5) is 5.69 Å². The van der Waals surface area contributed by atoms with Crippen LogP contribution in [0.2, 0.25) is 5.02 Å². The van der Waals surface area contributed by atoms with E-state index in [9.17, 15) is 4.79 Å². The van der Waals surface area contributed by atoms with Crippen molar-refractivity contribution in [3.63, 3.8) is 0 Å². The van der Waals surface area contributed by atoms with Gasteiger partial charge in [0.15, 0.2) is 0 Å². The van der Waals surface area contributed by atoms with Gasteiger partial charge in [0.1, 0.15) is 0 Å². The average molecular weight is 301 g/mol. The number of hydrogen-bond acceptors (Lipinski definition) is 2. The maximum atomic E-state index is 11.5. The molecule has 21 heavy (non-hydrogen) atoms. The maximum absolute atomic E-state index is 11.5. The molecule has 1 aliphatic heterocycles. The number of carbonyl (C=O) groups excluding carboxylic acids is 1. The summed E-state index contributed by atoms with van der Waals surface area (Å²) in [7, 11) is 1.94. The lowest BCUT2D eigenvalue weighted by Gasteiger charge is -2.20. The number of rotatable bonds is 3. The monoisotopic (exact) mass is 300 g/mol. The molecule has 0 aliphatic carbocycles. The fourth-order valence-corrected chi connectivity index (χ4v) is 3.12. The molecule has 1 amide bonds. The molecule has 4 heteroatoms. The fraction of sp³-hybridized carbons (Fsp3) is 0.235. The second-order valence-electron chi connectivity index (χ2n) is 5.36. The minimum absolute atomic E-state index is 0.0610. The summed E-state index contributed by atoms with van der Waals surface area (Å²) in [4.78, 5) is 11.5. The van der Waals surface area contributed by atoms with Crippen LogP contribution in [0.15, 0.2) is 36.4 Å². The number of aryl methyl sites for hydroxylation is 1. The Balaban J connectivity index is 2.01. The van der Waals surface area contributed by atoms with Gasteiger partial charge >= 0.3 is 0 Å². The number of amides is 1. The average Bonchev–Trinajstić information content (AvgIpc) is 2.81. The van der Waals surface area contributed by atoms with Crippen molar-refractivity contribution >= 4 is 23.2 Å². The number of benzene rings is 2. The Morgan fingerprint density at radius 3 is 2.76 bits per heavy atom. The molecule has 0 fully saturated rings. The Bertz CT molecular complexity index is 712. The summed E-state index contributed by atoms with van der Waals surface area (Å²) in [5, 5.41) is 6.96. The van der Waals surface area contributed by atoms with E-state index < -0.39 is 0 Å². The van der Waals surface area contributed by atoms with E-state index in [-0.39, 0.29) is 11.9 Å². The molecule has 2 N–H and O–H groups in total. The van der Waals surface area contributed by atoms with E-state index >= 15 is 0 Å². The van der Waals surface area contributed by atoms with Gasteiger partial charge in [-0.15, -0.1) is 0 Å². The van der Waals surface area contributed by atoms with Crippen LogP contribution < -0.4 is 10.6 Å². The Hall–Kier alpha value is -1.84. The Morgan fingerprint density at radius 2 is 2.05 bits per heavy atom. The Labute approximate surface area is 129 Å². The zero-order valence-corrected chi connectivity index (χ0v) is 12.8. The van der Waals surface area contributed by atoms with Crippen molar-refractivity contribution in [2.24, 2.45) is 0 Å². The summed E-state index contributed by atoms with van der Waals surface area (Å²) in [6.45, 7) is 2.06. The van der Waals surface area contributed by atoms with Crippen LogP contribution in [-0.2, 0) is 11.2 Å². The first-order valence-corrected chi connectivity index (χ1v) is 7.32. The summed E-state index contributed by atoms with van der Waals surface area (Å²) >= 11 is 6.04. The van der Waals surface area contributed by atoms with Crippen LogP contribution >= 0.6 is 11.6 Å². The van der Waals surface area contributed by atoms with E-state index in [1.54, 1.807) is 0 Å². The van der Waals surface area contributed by atoms with Gasteiger partial charge in [-0.3, -0.25) is 4.79 Å². The molecule has 108 valence electrons. The molecule has 1 aliphatic rings. The van der Waals surface area contributed by atoms with Crippen LogP contribution in [0.5, 0.6) is 0 Å². The van der Waals surface area contributed by atoms with Crippen molar-refractivity contribution in [2.75, 3.05) is 12.4 Å². The molecule has 3 rings (SSSR count). The molecule has 0 radical (unpaired) electrons. The molecule has 1 atom stereocenters. The van der Waals surface area contributed by atoms with Crippen molar-refractivity contribution in [2.45, 2.75) is 19.4 Å². The maximum Gasteiger partial charge on any atom is 0.228 e. The van der Waals surface area contributed by atoms with Gasteiger partial charge in [0.05, 0.1) is 12.5 Å². The van der Waals surface area contributed by atoms with Crippen LogP contribution in [-0.4, -0.2) is 13.0 Å². The normalized spacial score (nSPS) is 14.7. The van der Waals surface area contributed by atoms with Crippen molar-refractivity contribution in [3.8, 4) is 0 Å². The molecule has 1 unspecified atom stereocenters. The zero-order valence-electron chi connectivity index (χ0n) is 12.0. The molecule has 1 heterocycles. The SMILES string of the molecule is CNC(c1ccc2c(c1)CC(=O)N2)c1ccc(Cl)cc1C. The van der Waals surface area contributed by atoms with Crippen molar-refractivity contribution < 1.29 is 4.79 Å². The molecular weight excluding hydrogens is 284 g/mol. The van der Waals surface area contributed by atoms with Gasteiger partial charge in [0.25, 0.3) is 0 Å². The number of carbonyl (C=O) groups is 1. The van der Waals surface area contributed by atoms with E-state index in [1.807, 2.05) is 25.2 Å². The van der Waals surface area contributed by atoms with Gasteiger partial charge in [-0.25, -0.2) is 0 Å². The topological polar surface area (TPSA) is 41.1 Å². The van der Waals surface area contributed by atoms with E-state index in [0.717, 1.165) is 27.4 Å². The van der Waals surface area contributed by atoms with Crippen LogP contribution in [0.1, 0.15) is 28.3 Å². The summed E-state index contributed by atoms with van der Waals surface area (Å²) < 4.78 is 0. The van der Waals surface area contributed by atoms with Crippen LogP contribution in [0.25, 0.3) is 0 Å². The first-order chi connectivity index (χ1) is 10.1. The number of halogens is 1. The fourth-order valence-electron chi connectivity index (χ4n) is 2.89. The van der Waals surface area contributed by atoms with E-state index in [0.29, 0.717) is 6.42 Å². The molecule has 0 spiro atoms. The highest BCUT2D eigenvalue weighted by atomic mass is 35.5. The van der Waals surface area contributed by atoms with Crippen molar-refractivity contribution in [1.82, 2.24) is 5.32 Å². The second-order valence-corrected chi connectivity index (χ2v) is 5.80. The summed E-state index contributed by atoms with van der Waals surface area (Å²) in [5.41, 5.74) is 5.48. The highest BCUT2D eigenvalue weighted by molar-refractivity contribution is 6.30. The number of fused-ring (bicyclic) bond motifs is 1. The van der Waals surface area contributed by atoms with Crippen molar-refractivity contribution in [1.29, 1.82) is 0 Å². The van der Waals surface area contributed by atoms with Gasteiger partial charge < -0.3 is 10.6 Å². The highest BCUT2D eigenvalue weighted by Gasteiger charge is 2.21. The predicted octanol–water partition coefficient (Wildman–Crippen LogP) is 3.45. The van der Waals surface area contributed by atoms with Gasteiger partial charge in [0.2, 0.25) is 5.91 Å². The molecule has 0 bridgehead atoms. The van der Waals surface area contributed by atoms with Gasteiger partial charge in [-0.05, 0) is 54.4 Å². The molecular formula is C17H17ClN2O. The van der Waals surface area contributed by atoms with Crippen LogP contribution in [0.3, 0.4) is 0 Å². The molecule has 0 saturated carbocycles. The van der Waals surface area contributed by atoms with E-state index in [1.165, 1.54) is 5.56 Å². The van der Waals surface area contributed by atoms with E-state index in [4.69, 9.17) is 11.6 Å². The second kappa shape index (κ2) is 5.51. The van der Waals surface area contributed by atoms with Crippen molar-refractivity contribution in [3.05, 3.63) is 63.7 Å². The van der Waals surface area contributed by atoms with Gasteiger partial charge in [-0.2, -0.15) is 0 Å². The lowest BCUT2D eigenvalue weighted by molar-refractivity contribution is -0.115. The summed E-state index contributed by atoms with van der Waals surface area (Å²) in [5.74, 6) is 0.0610. The first kappa shape index (κ1) is 14.1. The standard InChI is InChI=1S/C17H17ClN2O/c1-10-7-13(18)4-5-14(10)17(19-2)11-3-6-15-12(8-11)9-16(21)20-15/h3-8,17,19H,9H2,1-2H3,(H,20,21). The van der Waals surface area contributed by atoms with E-state index in [2.05, 4.69) is 35.8 Å². The van der Waals surface area contributed by atoms with Gasteiger partial charge in [-0.1, -0.05) is 29.8 Å². The summed E-state index contributed by atoms with van der Waals surface area (Å²) in [6.07, 6.45) is 0.458. The molecule has 2 aromatic carbocycles. The lowest BCUT2D eigenvalue weighted by Crippen LogP contribution is -2.18. The van der Waals surface area contributed by atoms with Gasteiger partial charge in [0, 0.05) is 10.7 Å². The molecule has 2 aromatic rings. The summed E-state index contributed by atoms with van der Waals surface area (Å²) in [6, 6.07) is 12.2. The first-order valence-electron chi connectivity index (χ1n) is 6.94. The minimum Gasteiger partial charge on any atom is -0.326 e. The Morgan fingerprint density at radius 1 is 1.24 bits per heavy atom. The largest absolute Gasteiger partial charge is 0.326 e. The zero-order chi connectivity index (χ0) is 15.0. The molecule has 0 saturated heterocycles. The molecule has 3 nitrogen and oxygen atoms in total. The van der Waals surface area contributed by atoms with Crippen LogP contribution in [0, 0.1) is 6.92 Å². The highest BCUT2D eigenvalue weighted by Crippen LogP contribution is 2.31. The Kier molecular flexibility index (Phi) is 3.70.